The highest BCUT2D eigenvalue weighted by Gasteiger charge is 2.46. The molecule has 0 aromatic carbocycles. The van der Waals surface area contributed by atoms with E-state index < -0.39 is 17.9 Å². The maximum Gasteiger partial charge on any atom is 0.276 e. The van der Waals surface area contributed by atoms with Crippen LogP contribution >= 0.6 is 0 Å². The number of alkyl halides is 2. The van der Waals surface area contributed by atoms with Gasteiger partial charge in [-0.25, -0.2) is 18.0 Å². The van der Waals surface area contributed by atoms with Crippen molar-refractivity contribution in [2.75, 3.05) is 0 Å². The zero-order valence-electron chi connectivity index (χ0n) is 13.2. The highest BCUT2D eigenvalue weighted by molar-refractivity contribution is 5.95. The highest BCUT2D eigenvalue weighted by Crippen LogP contribution is 2.37. The Balaban J connectivity index is 1.62. The zero-order chi connectivity index (χ0) is 17.8. The van der Waals surface area contributed by atoms with Gasteiger partial charge in [0, 0.05) is 25.1 Å². The van der Waals surface area contributed by atoms with E-state index in [-0.39, 0.29) is 29.9 Å². The van der Waals surface area contributed by atoms with Gasteiger partial charge >= 0.3 is 0 Å². The summed E-state index contributed by atoms with van der Waals surface area (Å²) in [7, 11) is 0. The van der Waals surface area contributed by atoms with Crippen molar-refractivity contribution in [3.8, 4) is 5.95 Å². The number of aromatic nitrogens is 5. The third-order valence-corrected chi connectivity index (χ3v) is 4.27. The number of nitrogens with one attached hydrogen (secondary N) is 2. The van der Waals surface area contributed by atoms with Crippen molar-refractivity contribution in [3.05, 3.63) is 46.1 Å². The largest absolute Gasteiger partial charge is 0.349 e. The monoisotopic (exact) mass is 348 g/mol. The molecule has 0 atom stereocenters. The van der Waals surface area contributed by atoms with Crippen molar-refractivity contribution in [1.82, 2.24) is 29.7 Å². The van der Waals surface area contributed by atoms with E-state index in [1.165, 1.54) is 15.4 Å². The molecule has 0 saturated heterocycles. The number of aromatic amines is 1. The molecule has 0 aliphatic heterocycles. The number of carbonyl (C=O) groups is 1. The molecule has 1 aliphatic rings. The van der Waals surface area contributed by atoms with E-state index in [9.17, 15) is 18.4 Å². The number of fused-ring (bicyclic) bond motifs is 1. The molecule has 0 bridgehead atoms. The number of hydrogen-bond acceptors (Lipinski definition) is 4. The Morgan fingerprint density at radius 3 is 2.92 bits per heavy atom. The first-order valence-electron chi connectivity index (χ1n) is 7.65. The molecule has 8 nitrogen and oxygen atoms in total. The molecular formula is C15H14F2N6O2. The number of H-pyrrole nitrogens is 1. The molecule has 4 rings (SSSR count). The van der Waals surface area contributed by atoms with Crippen LogP contribution in [0.25, 0.3) is 11.5 Å². The van der Waals surface area contributed by atoms with Gasteiger partial charge in [-0.05, 0) is 19.1 Å². The molecule has 1 amide bonds. The van der Waals surface area contributed by atoms with Crippen molar-refractivity contribution in [1.29, 1.82) is 0 Å². The standard InChI is InChI=1S/C15H14F2N6O2/c1-8-10(12(24)19-9-5-15(16,17)6-9)7-18-23(8)14-20-13(25)11-3-2-4-22(11)21-14/h2-4,7,9H,5-6H2,1H3,(H,19,24)(H,20,21,25). The molecule has 2 N–H and O–H groups in total. The van der Waals surface area contributed by atoms with E-state index in [1.807, 2.05) is 0 Å². The SMILES string of the molecule is Cc1c(C(=O)NC2CC(F)(F)C2)cnn1-c1nn2cccc2c(=O)[nH]1. The quantitative estimate of drug-likeness (QED) is 0.739. The molecule has 0 unspecified atom stereocenters. The summed E-state index contributed by atoms with van der Waals surface area (Å²) >= 11 is 0. The van der Waals surface area contributed by atoms with Gasteiger partial charge < -0.3 is 5.32 Å². The minimum Gasteiger partial charge on any atom is -0.349 e. The summed E-state index contributed by atoms with van der Waals surface area (Å²) in [6, 6.07) is 2.77. The van der Waals surface area contributed by atoms with Gasteiger partial charge in [-0.15, -0.1) is 5.10 Å². The second kappa shape index (κ2) is 5.23. The first-order valence-corrected chi connectivity index (χ1v) is 7.65. The molecule has 1 saturated carbocycles. The number of halogens is 2. The third-order valence-electron chi connectivity index (χ3n) is 4.27. The second-order valence-corrected chi connectivity index (χ2v) is 6.11. The predicted molar refractivity (Wildman–Crippen MR) is 83.1 cm³/mol. The smallest absolute Gasteiger partial charge is 0.276 e. The maximum absolute atomic E-state index is 12.9. The fourth-order valence-corrected chi connectivity index (χ4v) is 2.90. The van der Waals surface area contributed by atoms with Crippen LogP contribution in [-0.4, -0.2) is 42.3 Å². The molecule has 1 fully saturated rings. The van der Waals surface area contributed by atoms with Crippen LogP contribution < -0.4 is 10.9 Å². The van der Waals surface area contributed by atoms with Crippen LogP contribution in [0.2, 0.25) is 0 Å². The van der Waals surface area contributed by atoms with E-state index in [1.54, 1.807) is 25.3 Å². The summed E-state index contributed by atoms with van der Waals surface area (Å²) in [6.45, 7) is 1.64. The van der Waals surface area contributed by atoms with Crippen molar-refractivity contribution in [3.63, 3.8) is 0 Å². The number of nitrogens with zero attached hydrogens (tertiary/aromatic N) is 4. The fraction of sp³-hybridized carbons (Fsp3) is 0.333. The molecule has 0 spiro atoms. The lowest BCUT2D eigenvalue weighted by Crippen LogP contribution is -2.50. The van der Waals surface area contributed by atoms with Crippen molar-refractivity contribution in [2.45, 2.75) is 31.7 Å². The lowest BCUT2D eigenvalue weighted by atomic mass is 9.88. The van der Waals surface area contributed by atoms with Crippen molar-refractivity contribution in [2.24, 2.45) is 0 Å². The van der Waals surface area contributed by atoms with E-state index in [0.717, 1.165) is 0 Å². The van der Waals surface area contributed by atoms with Gasteiger partial charge in [0.2, 0.25) is 5.95 Å². The third kappa shape index (κ3) is 2.59. The lowest BCUT2D eigenvalue weighted by Gasteiger charge is -2.35. The van der Waals surface area contributed by atoms with Gasteiger partial charge in [-0.3, -0.25) is 14.6 Å². The number of amides is 1. The molecule has 0 radical (unpaired) electrons. The molecule has 130 valence electrons. The van der Waals surface area contributed by atoms with Gasteiger partial charge in [0.25, 0.3) is 17.4 Å². The molecule has 1 aliphatic carbocycles. The van der Waals surface area contributed by atoms with Gasteiger partial charge in [-0.2, -0.15) is 5.10 Å². The first-order chi connectivity index (χ1) is 11.8. The lowest BCUT2D eigenvalue weighted by molar-refractivity contribution is -0.0901. The normalized spacial score (nSPS) is 16.8. The summed E-state index contributed by atoms with van der Waals surface area (Å²) in [4.78, 5) is 26.9. The average molecular weight is 348 g/mol. The second-order valence-electron chi connectivity index (χ2n) is 6.11. The zero-order valence-corrected chi connectivity index (χ0v) is 13.2. The van der Waals surface area contributed by atoms with Gasteiger partial charge in [0.1, 0.15) is 5.52 Å². The molecule has 10 heteroatoms. The van der Waals surface area contributed by atoms with Crippen molar-refractivity contribution >= 4 is 11.4 Å². The van der Waals surface area contributed by atoms with E-state index >= 15 is 0 Å². The van der Waals surface area contributed by atoms with Crippen molar-refractivity contribution < 1.29 is 13.6 Å². The van der Waals surface area contributed by atoms with Crippen LogP contribution in [0, 0.1) is 6.92 Å². The molecular weight excluding hydrogens is 334 g/mol. The van der Waals surface area contributed by atoms with Gasteiger partial charge in [-0.1, -0.05) is 0 Å². The van der Waals surface area contributed by atoms with Crippen LogP contribution in [-0.2, 0) is 0 Å². The summed E-state index contributed by atoms with van der Waals surface area (Å²) in [5, 5.41) is 10.9. The van der Waals surface area contributed by atoms with Gasteiger partial charge in [0.05, 0.1) is 17.5 Å². The van der Waals surface area contributed by atoms with Gasteiger partial charge in [0.15, 0.2) is 0 Å². The summed E-state index contributed by atoms with van der Waals surface area (Å²) in [6.07, 6.45) is 2.23. The van der Waals surface area contributed by atoms with Crippen LogP contribution in [0.15, 0.2) is 29.3 Å². The predicted octanol–water partition coefficient (Wildman–Crippen LogP) is 1.04. The van der Waals surface area contributed by atoms with E-state index in [0.29, 0.717) is 11.2 Å². The number of carbonyl (C=O) groups excluding carboxylic acids is 1. The Kier molecular flexibility index (Phi) is 3.24. The fourth-order valence-electron chi connectivity index (χ4n) is 2.90. The summed E-state index contributed by atoms with van der Waals surface area (Å²) in [5.41, 5.74) is 0.730. The topological polar surface area (TPSA) is 97.1 Å². The van der Waals surface area contributed by atoms with E-state index in [2.05, 4.69) is 20.5 Å². The summed E-state index contributed by atoms with van der Waals surface area (Å²) < 4.78 is 28.5. The maximum atomic E-state index is 12.9. The number of rotatable bonds is 3. The van der Waals surface area contributed by atoms with Crippen LogP contribution in [0.5, 0.6) is 0 Å². The van der Waals surface area contributed by atoms with Crippen LogP contribution in [0.3, 0.4) is 0 Å². The number of hydrogen-bond donors (Lipinski definition) is 2. The Hall–Kier alpha value is -3.04. The minimum atomic E-state index is -2.70. The molecule has 3 aromatic rings. The average Bonchev–Trinajstić information content (AvgIpc) is 3.11. The molecule has 3 aromatic heterocycles. The Morgan fingerprint density at radius 1 is 1.44 bits per heavy atom. The Bertz CT molecular complexity index is 1030. The minimum absolute atomic E-state index is 0.153. The summed E-state index contributed by atoms with van der Waals surface area (Å²) in [5.74, 6) is -3.03. The Labute approximate surface area is 139 Å². The highest BCUT2D eigenvalue weighted by atomic mass is 19.3. The molecule has 25 heavy (non-hydrogen) atoms. The molecule has 3 heterocycles. The Morgan fingerprint density at radius 2 is 2.20 bits per heavy atom. The van der Waals surface area contributed by atoms with Crippen LogP contribution in [0.4, 0.5) is 8.78 Å². The first kappa shape index (κ1) is 15.5. The van der Waals surface area contributed by atoms with E-state index in [4.69, 9.17) is 0 Å². The van der Waals surface area contributed by atoms with Crippen LogP contribution in [0.1, 0.15) is 28.9 Å².